The van der Waals surface area contributed by atoms with Crippen molar-refractivity contribution in [2.24, 2.45) is 29.2 Å². The highest BCUT2D eigenvalue weighted by Crippen LogP contribution is 2.22. The van der Waals surface area contributed by atoms with Crippen LogP contribution in [-0.4, -0.2) is 183 Å². The number of carboxylic acids is 1. The number of carboxylic acid groups (broad SMARTS) is 1. The molecule has 76 heavy (non-hydrogen) atoms. The van der Waals surface area contributed by atoms with Crippen molar-refractivity contribution >= 4 is 71.8 Å². The topological polar surface area (TPSA) is 374 Å². The van der Waals surface area contributed by atoms with Gasteiger partial charge in [-0.3, -0.25) is 48.1 Å². The van der Waals surface area contributed by atoms with Crippen LogP contribution in [0.25, 0.3) is 0 Å². The van der Waals surface area contributed by atoms with Gasteiger partial charge in [-0.05, 0) is 75.3 Å². The van der Waals surface area contributed by atoms with Gasteiger partial charge in [-0.25, -0.2) is 4.79 Å². The van der Waals surface area contributed by atoms with Crippen LogP contribution in [0.1, 0.15) is 105 Å². The lowest BCUT2D eigenvalue weighted by atomic mass is 9.97. The van der Waals surface area contributed by atoms with Crippen molar-refractivity contribution in [3.05, 3.63) is 35.9 Å². The fourth-order valence-corrected chi connectivity index (χ4v) is 9.38. The number of amides is 9. The van der Waals surface area contributed by atoms with Gasteiger partial charge in [0, 0.05) is 24.9 Å². The van der Waals surface area contributed by atoms with Crippen molar-refractivity contribution in [3.8, 4) is 0 Å². The van der Waals surface area contributed by atoms with Crippen molar-refractivity contribution < 1.29 is 63.3 Å². The third-order valence-electron chi connectivity index (χ3n) is 14.0. The minimum Gasteiger partial charge on any atom is -0.480 e. The zero-order chi connectivity index (χ0) is 57.0. The first-order chi connectivity index (χ1) is 35.9. The molecule has 0 aromatic heterocycles. The first-order valence-corrected chi connectivity index (χ1v) is 26.9. The molecule has 0 aliphatic carbocycles. The average Bonchev–Trinajstić information content (AvgIpc) is 4.07. The predicted octanol–water partition coefficient (Wildman–Crippen LogP) is -2.19. The van der Waals surface area contributed by atoms with Crippen LogP contribution in [0.3, 0.4) is 0 Å². The second-order valence-electron chi connectivity index (χ2n) is 20.5. The highest BCUT2D eigenvalue weighted by atomic mass is 32.1. The molecule has 14 N–H and O–H groups in total. The van der Waals surface area contributed by atoms with E-state index in [1.165, 1.54) is 11.8 Å². The molecule has 25 heteroatoms. The zero-order valence-corrected chi connectivity index (χ0v) is 45.7. The van der Waals surface area contributed by atoms with E-state index in [9.17, 15) is 63.3 Å². The number of thiol groups is 1. The lowest BCUT2D eigenvalue weighted by molar-refractivity contribution is -0.146. The molecule has 3 rings (SSSR count). The molecule has 3 unspecified atom stereocenters. The molecular weight excluding hydrogens is 1010 g/mol. The molecule has 1 aromatic rings. The lowest BCUT2D eigenvalue weighted by Gasteiger charge is -2.33. The third kappa shape index (κ3) is 19.3. The van der Waals surface area contributed by atoms with Crippen LogP contribution >= 0.6 is 12.6 Å². The van der Waals surface area contributed by atoms with Crippen LogP contribution in [0.5, 0.6) is 0 Å². The van der Waals surface area contributed by atoms with E-state index in [2.05, 4.69) is 49.8 Å². The molecule has 426 valence electrons. The number of nitrogens with one attached hydrogen (secondary N) is 7. The number of hydrogen-bond donors (Lipinski definition) is 13. The second-order valence-corrected chi connectivity index (χ2v) is 20.9. The van der Waals surface area contributed by atoms with E-state index in [0.29, 0.717) is 38.6 Å². The Morgan fingerprint density at radius 3 is 1.79 bits per heavy atom. The number of aliphatic carboxylic acids is 1. The van der Waals surface area contributed by atoms with Crippen molar-refractivity contribution in [1.82, 2.24) is 47.0 Å². The van der Waals surface area contributed by atoms with E-state index in [1.807, 2.05) is 42.2 Å². The summed E-state index contributed by atoms with van der Waals surface area (Å²) in [6, 6.07) is -2.78. The molecule has 2 aliphatic rings. The Bertz CT molecular complexity index is 2160. The first-order valence-electron chi connectivity index (χ1n) is 26.2. The molecule has 24 nitrogen and oxygen atoms in total. The number of hydrogen-bond acceptors (Lipinski definition) is 15. The number of aliphatic hydroxyl groups excluding tert-OH is 2. The summed E-state index contributed by atoms with van der Waals surface area (Å²) in [4.78, 5) is 137. The summed E-state index contributed by atoms with van der Waals surface area (Å²) in [5.41, 5.74) is 12.1. The number of nitrogens with zero attached hydrogens (tertiary/aromatic N) is 2. The number of aliphatic hydroxyl groups is 2. The predicted molar refractivity (Wildman–Crippen MR) is 283 cm³/mol. The molecule has 0 bridgehead atoms. The van der Waals surface area contributed by atoms with Gasteiger partial charge in [0.1, 0.15) is 42.3 Å². The summed E-state index contributed by atoms with van der Waals surface area (Å²) in [5, 5.41) is 49.0. The van der Waals surface area contributed by atoms with Gasteiger partial charge >= 0.3 is 5.97 Å². The van der Waals surface area contributed by atoms with E-state index < -0.39 is 151 Å². The maximum absolute atomic E-state index is 14.3. The van der Waals surface area contributed by atoms with E-state index in [-0.39, 0.29) is 44.0 Å². The largest absolute Gasteiger partial charge is 0.480 e. The number of nitrogens with two attached hydrogens (primary N) is 2. The summed E-state index contributed by atoms with van der Waals surface area (Å²) in [6.07, 6.45) is 0.723. The normalized spacial score (nSPS) is 20.0. The Morgan fingerprint density at radius 2 is 1.22 bits per heavy atom. The minimum atomic E-state index is -1.54. The van der Waals surface area contributed by atoms with Crippen LogP contribution in [-0.2, 0) is 54.4 Å². The van der Waals surface area contributed by atoms with Crippen LogP contribution in [0.4, 0.5) is 0 Å². The van der Waals surface area contributed by atoms with E-state index >= 15 is 0 Å². The highest BCUT2D eigenvalue weighted by Gasteiger charge is 2.42. The number of benzene rings is 1. The Hall–Kier alpha value is -5.89. The Kier molecular flexibility index (Phi) is 26.6. The van der Waals surface area contributed by atoms with Gasteiger partial charge in [-0.2, -0.15) is 12.6 Å². The smallest absolute Gasteiger partial charge is 0.326 e. The summed E-state index contributed by atoms with van der Waals surface area (Å²) in [7, 11) is 0. The zero-order valence-electron chi connectivity index (χ0n) is 44.8. The molecule has 1 aromatic carbocycles. The summed E-state index contributed by atoms with van der Waals surface area (Å²) >= 11 is 4.00. The summed E-state index contributed by atoms with van der Waals surface area (Å²) in [5.74, 6) is -9.24. The minimum absolute atomic E-state index is 0.0452. The molecule has 13 atom stereocenters. The van der Waals surface area contributed by atoms with E-state index in [1.54, 1.807) is 34.6 Å². The van der Waals surface area contributed by atoms with Crippen LogP contribution in [0.2, 0.25) is 0 Å². The Labute approximate surface area is 450 Å². The number of likely N-dealkylation sites (tertiary alicyclic amines) is 2. The van der Waals surface area contributed by atoms with Crippen molar-refractivity contribution in [2.75, 3.05) is 32.0 Å². The van der Waals surface area contributed by atoms with Gasteiger partial charge in [0.25, 0.3) is 0 Å². The molecule has 9 amide bonds. The van der Waals surface area contributed by atoms with Crippen LogP contribution in [0.15, 0.2) is 30.3 Å². The molecule has 0 spiro atoms. The number of rotatable bonds is 31. The van der Waals surface area contributed by atoms with Crippen LogP contribution < -0.4 is 48.7 Å². The fraction of sp³-hybridized carbons (Fsp3) is 0.686. The van der Waals surface area contributed by atoms with Gasteiger partial charge in [0.2, 0.25) is 53.2 Å². The maximum Gasteiger partial charge on any atom is 0.326 e. The van der Waals surface area contributed by atoms with Crippen molar-refractivity contribution in [1.29, 1.82) is 0 Å². The standard InChI is InChI=1S/C51H83N11O13S/c1-8-28(5)40(48(71)57-36(25-63)50(73)62-20-14-18-38(62)47(70)59-41(51(74)75)29(6)9-2)58-46(69)37-17-13-19-61(37)24-32(22-31-15-11-10-12-16-31)54-44(67)35(23-39(53)65)55-45(68)34(21-27(3)4)56-49(72)42(30(7)64)60-43(66)33(52)26-76/h10-12,15-16,27-30,32-38,40-42,63-64,76H,8-9,13-14,17-26,52H2,1-7H3,(H2,53,65)(H,54,67)(H,55,68)(H,56,72)(H,57,71)(H,58,69)(H,59,70)(H,60,66)(H,74,75)/t28?,29?,30?,32-,33+,34+,35+,36+,37+,38+,40+,41+,42+/m1/s1. The first kappa shape index (κ1) is 64.4. The maximum atomic E-state index is 14.3. The second kappa shape index (κ2) is 31.4. The molecule has 0 saturated carbocycles. The van der Waals surface area contributed by atoms with E-state index in [4.69, 9.17) is 11.5 Å². The van der Waals surface area contributed by atoms with Gasteiger partial charge in [-0.15, -0.1) is 0 Å². The quantitative estimate of drug-likeness (QED) is 0.0351. The van der Waals surface area contributed by atoms with Crippen molar-refractivity contribution in [2.45, 2.75) is 173 Å². The molecule has 2 saturated heterocycles. The number of primary amides is 1. The molecule has 2 heterocycles. The molecule has 2 aliphatic heterocycles. The Balaban J connectivity index is 1.83. The highest BCUT2D eigenvalue weighted by molar-refractivity contribution is 7.80. The lowest BCUT2D eigenvalue weighted by Crippen LogP contribution is -2.61. The monoisotopic (exact) mass is 1090 g/mol. The molecule has 0 radical (unpaired) electrons. The average molecular weight is 1090 g/mol. The van der Waals surface area contributed by atoms with Crippen molar-refractivity contribution in [3.63, 3.8) is 0 Å². The third-order valence-corrected chi connectivity index (χ3v) is 14.4. The van der Waals surface area contributed by atoms with Gasteiger partial charge in [-0.1, -0.05) is 84.7 Å². The van der Waals surface area contributed by atoms with Gasteiger partial charge in [0.15, 0.2) is 0 Å². The summed E-state index contributed by atoms with van der Waals surface area (Å²) < 4.78 is 0. The SMILES string of the molecule is CCC(C)[C@H](NC(=O)[C@@H]1CCCN1C(=O)[C@H](CO)NC(=O)[C@@H](NC(=O)[C@@H]1CCCN1C[C@@H](Cc1ccccc1)NC(=O)[C@H](CC(N)=O)NC(=O)[C@H](CC(C)C)NC(=O)[C@@H](NC(=O)[C@@H](N)CS)C(C)O)C(C)CC)C(=O)O. The van der Waals surface area contributed by atoms with Gasteiger partial charge < -0.3 is 68.9 Å². The van der Waals surface area contributed by atoms with Gasteiger partial charge in [0.05, 0.1) is 31.2 Å². The number of carbonyl (C=O) groups is 10. The fourth-order valence-electron chi connectivity index (χ4n) is 9.22. The van der Waals surface area contributed by atoms with E-state index in [0.717, 1.165) is 5.56 Å². The summed E-state index contributed by atoms with van der Waals surface area (Å²) in [6.45, 7) is 11.6. The molecular formula is C51H83N11O13S. The van der Waals surface area contributed by atoms with Crippen LogP contribution in [0, 0.1) is 17.8 Å². The molecule has 2 fully saturated rings. The number of carbonyl (C=O) groups excluding carboxylic acids is 9. The Morgan fingerprint density at radius 1 is 0.684 bits per heavy atom.